The van der Waals surface area contributed by atoms with Gasteiger partial charge in [0.15, 0.2) is 0 Å². The molecule has 1 nitrogen and oxygen atoms in total. The molecule has 0 unspecified atom stereocenters. The molecule has 5 heteroatoms. The Morgan fingerprint density at radius 2 is 2.15 bits per heavy atom. The third kappa shape index (κ3) is 1.94. The highest BCUT2D eigenvalue weighted by atomic mass is 32.2. The highest BCUT2D eigenvalue weighted by Gasteiger charge is 2.11. The Labute approximate surface area is 92.3 Å². The minimum atomic E-state index is 0.0901. The zero-order valence-corrected chi connectivity index (χ0v) is 9.62. The molecule has 0 aromatic carbocycles. The molecule has 0 atom stereocenters. The summed E-state index contributed by atoms with van der Waals surface area (Å²) in [7, 11) is 0. The number of carbonyl (C=O) groups excluding carboxylic acids is 1. The van der Waals surface area contributed by atoms with Gasteiger partial charge in [0.05, 0.1) is 9.75 Å². The Morgan fingerprint density at radius 3 is 2.69 bits per heavy atom. The zero-order chi connectivity index (χ0) is 9.26. The van der Waals surface area contributed by atoms with Crippen LogP contribution in [0.1, 0.15) is 14.5 Å². The Kier molecular flexibility index (Phi) is 2.69. The van der Waals surface area contributed by atoms with E-state index in [1.165, 1.54) is 34.0 Å². The Balaban J connectivity index is 2.39. The highest BCUT2D eigenvalue weighted by Crippen LogP contribution is 2.22. The van der Waals surface area contributed by atoms with Crippen LogP contribution < -0.4 is 0 Å². The smallest absolute Gasteiger partial charge is 0.213 e. The molecule has 0 fully saturated rings. The monoisotopic (exact) mass is 244 g/mol. The summed E-state index contributed by atoms with van der Waals surface area (Å²) in [6.45, 7) is 0. The van der Waals surface area contributed by atoms with Crippen molar-refractivity contribution in [2.75, 3.05) is 0 Å². The fourth-order valence-corrected chi connectivity index (χ4v) is 3.66. The van der Waals surface area contributed by atoms with Gasteiger partial charge in [-0.3, -0.25) is 4.79 Å². The van der Waals surface area contributed by atoms with Crippen LogP contribution >= 0.6 is 46.2 Å². The van der Waals surface area contributed by atoms with Crippen molar-refractivity contribution in [3.63, 3.8) is 0 Å². The fraction of sp³-hybridized carbons (Fsp3) is 0. The van der Waals surface area contributed by atoms with E-state index in [0.29, 0.717) is 0 Å². The Bertz CT molecular complexity index is 462. The van der Waals surface area contributed by atoms with Gasteiger partial charge in [0, 0.05) is 5.38 Å². The van der Waals surface area contributed by atoms with Gasteiger partial charge in [-0.1, -0.05) is 18.3 Å². The minimum Gasteiger partial charge on any atom is -0.287 e. The molecular weight excluding hydrogens is 240 g/mol. The molecule has 2 aromatic heterocycles. The summed E-state index contributed by atoms with van der Waals surface area (Å²) in [5.74, 6) is 0.0901. The van der Waals surface area contributed by atoms with Crippen LogP contribution in [-0.4, -0.2) is 5.78 Å². The van der Waals surface area contributed by atoms with Gasteiger partial charge in [-0.05, 0) is 11.4 Å². The van der Waals surface area contributed by atoms with E-state index in [4.69, 9.17) is 12.2 Å². The summed E-state index contributed by atoms with van der Waals surface area (Å²) in [5, 5.41) is 3.73. The molecule has 2 aromatic rings. The van der Waals surface area contributed by atoms with Crippen molar-refractivity contribution in [1.29, 1.82) is 0 Å². The van der Waals surface area contributed by atoms with Crippen LogP contribution in [0.2, 0.25) is 0 Å². The van der Waals surface area contributed by atoms with Gasteiger partial charge >= 0.3 is 0 Å². The van der Waals surface area contributed by atoms with Crippen molar-refractivity contribution >= 4 is 52.0 Å². The van der Waals surface area contributed by atoms with Crippen LogP contribution in [0, 0.1) is 3.14 Å². The van der Waals surface area contributed by atoms with Crippen LogP contribution in [0.15, 0.2) is 22.9 Å². The van der Waals surface area contributed by atoms with Gasteiger partial charge in [-0.25, -0.2) is 0 Å². The molecule has 2 heterocycles. The van der Waals surface area contributed by atoms with Gasteiger partial charge < -0.3 is 0 Å². The second-order valence-electron chi connectivity index (χ2n) is 2.26. The summed E-state index contributed by atoms with van der Waals surface area (Å²) >= 11 is 9.26. The van der Waals surface area contributed by atoms with E-state index >= 15 is 0 Å². The van der Waals surface area contributed by atoms with Gasteiger partial charge in [-0.2, -0.15) is 0 Å². The van der Waals surface area contributed by atoms with Crippen LogP contribution in [0.3, 0.4) is 0 Å². The molecule has 0 radical (unpaired) electrons. The number of thiophene rings is 1. The quantitative estimate of drug-likeness (QED) is 0.590. The van der Waals surface area contributed by atoms with Crippen molar-refractivity contribution < 1.29 is 4.79 Å². The van der Waals surface area contributed by atoms with Crippen molar-refractivity contribution in [2.45, 2.75) is 0 Å². The van der Waals surface area contributed by atoms with Crippen molar-refractivity contribution in [2.24, 2.45) is 0 Å². The maximum atomic E-state index is 11.7. The molecule has 0 saturated heterocycles. The Hall–Kier alpha value is -0.360. The first-order valence-electron chi connectivity index (χ1n) is 3.44. The molecule has 13 heavy (non-hydrogen) atoms. The first-order chi connectivity index (χ1) is 6.27. The normalized spacial score (nSPS) is 10.2. The Morgan fingerprint density at radius 1 is 1.31 bits per heavy atom. The molecule has 0 aliphatic heterocycles. The van der Waals surface area contributed by atoms with E-state index in [9.17, 15) is 4.79 Å². The molecule has 0 saturated carbocycles. The van der Waals surface area contributed by atoms with Crippen LogP contribution in [0.25, 0.3) is 0 Å². The van der Waals surface area contributed by atoms with E-state index in [1.807, 2.05) is 22.9 Å². The molecule has 0 spiro atoms. The summed E-state index contributed by atoms with van der Waals surface area (Å²) < 4.78 is 0.805. The first kappa shape index (κ1) is 9.21. The van der Waals surface area contributed by atoms with Crippen molar-refractivity contribution in [3.05, 3.63) is 35.8 Å². The van der Waals surface area contributed by atoms with Gasteiger partial charge in [0.1, 0.15) is 3.14 Å². The van der Waals surface area contributed by atoms with E-state index in [0.717, 1.165) is 12.9 Å². The van der Waals surface area contributed by atoms with E-state index in [-0.39, 0.29) is 5.78 Å². The lowest BCUT2D eigenvalue weighted by Crippen LogP contribution is -1.93. The van der Waals surface area contributed by atoms with Crippen molar-refractivity contribution in [3.8, 4) is 0 Å². The second kappa shape index (κ2) is 3.79. The molecule has 0 aliphatic carbocycles. The zero-order valence-electron chi connectivity index (χ0n) is 6.35. The number of ketones is 1. The standard InChI is InChI=1S/C8H4OS4/c9-7(5-2-1-3-11-5)6-4-12-8(10)13-6/h1-4H. The van der Waals surface area contributed by atoms with Gasteiger partial charge in [0.25, 0.3) is 0 Å². The molecule has 0 amide bonds. The first-order valence-corrected chi connectivity index (χ1v) is 6.42. The molecule has 2 rings (SSSR count). The molecule has 0 aliphatic rings. The number of hydrogen-bond donors (Lipinski definition) is 0. The number of rotatable bonds is 2. The van der Waals surface area contributed by atoms with Crippen LogP contribution in [0.4, 0.5) is 0 Å². The number of hydrogen-bond acceptors (Lipinski definition) is 5. The fourth-order valence-electron chi connectivity index (χ4n) is 0.869. The third-order valence-corrected chi connectivity index (χ3v) is 4.76. The summed E-state index contributed by atoms with van der Waals surface area (Å²) in [5.41, 5.74) is 0. The average Bonchev–Trinajstić information content (AvgIpc) is 2.72. The van der Waals surface area contributed by atoms with E-state index < -0.39 is 0 Å². The van der Waals surface area contributed by atoms with Crippen LogP contribution in [-0.2, 0) is 0 Å². The van der Waals surface area contributed by atoms with Crippen molar-refractivity contribution in [1.82, 2.24) is 0 Å². The maximum absolute atomic E-state index is 11.7. The molecule has 0 bridgehead atoms. The summed E-state index contributed by atoms with van der Waals surface area (Å²) in [6, 6.07) is 3.71. The second-order valence-corrected chi connectivity index (χ2v) is 6.32. The summed E-state index contributed by atoms with van der Waals surface area (Å²) in [6.07, 6.45) is 0. The summed E-state index contributed by atoms with van der Waals surface area (Å²) in [4.78, 5) is 13.2. The maximum Gasteiger partial charge on any atom is 0.213 e. The largest absolute Gasteiger partial charge is 0.287 e. The predicted octanol–water partition coefficient (Wildman–Crippen LogP) is 3.83. The van der Waals surface area contributed by atoms with Gasteiger partial charge in [0.2, 0.25) is 5.78 Å². The van der Waals surface area contributed by atoms with E-state index in [1.54, 1.807) is 0 Å². The lowest BCUT2D eigenvalue weighted by atomic mass is 10.3. The molecular formula is C8H4OS4. The van der Waals surface area contributed by atoms with Crippen LogP contribution in [0.5, 0.6) is 0 Å². The average molecular weight is 244 g/mol. The number of carbonyl (C=O) groups is 1. The minimum absolute atomic E-state index is 0.0901. The lowest BCUT2D eigenvalue weighted by molar-refractivity contribution is 0.104. The topological polar surface area (TPSA) is 17.1 Å². The molecule has 66 valence electrons. The lowest BCUT2D eigenvalue weighted by Gasteiger charge is -1.89. The van der Waals surface area contributed by atoms with E-state index in [2.05, 4.69) is 0 Å². The predicted molar refractivity (Wildman–Crippen MR) is 60.8 cm³/mol. The third-order valence-electron chi connectivity index (χ3n) is 1.42. The highest BCUT2D eigenvalue weighted by molar-refractivity contribution is 7.76. The molecule has 0 N–H and O–H groups in total. The SMILES string of the molecule is O=C(c1cccs1)c1csc(=S)s1. The van der Waals surface area contributed by atoms with Gasteiger partial charge in [-0.15, -0.1) is 34.0 Å².